The molecule has 0 saturated heterocycles. The summed E-state index contributed by atoms with van der Waals surface area (Å²) in [6, 6.07) is 8.82. The number of hydrogen-bond acceptors (Lipinski definition) is 3. The molecule has 0 radical (unpaired) electrons. The lowest BCUT2D eigenvalue weighted by Crippen LogP contribution is -2.13. The zero-order valence-corrected chi connectivity index (χ0v) is 15.1. The van der Waals surface area contributed by atoms with Gasteiger partial charge in [0.1, 0.15) is 0 Å². The van der Waals surface area contributed by atoms with E-state index in [1.54, 1.807) is 0 Å². The van der Waals surface area contributed by atoms with E-state index < -0.39 is 0 Å². The van der Waals surface area contributed by atoms with Crippen LogP contribution in [0.1, 0.15) is 75.9 Å². The number of nitrogens with two attached hydrogens (primary N) is 1. The molecule has 0 unspecified atom stereocenters. The van der Waals surface area contributed by atoms with Gasteiger partial charge in [0.2, 0.25) is 0 Å². The first kappa shape index (κ1) is 17.7. The van der Waals surface area contributed by atoms with Gasteiger partial charge in [0.25, 0.3) is 0 Å². The molecule has 0 saturated carbocycles. The number of aromatic nitrogens is 3. The zero-order valence-electron chi connectivity index (χ0n) is 15.1. The van der Waals surface area contributed by atoms with Crippen LogP contribution in [0.2, 0.25) is 0 Å². The largest absolute Gasteiger partial charge is 0.325 e. The molecule has 4 heteroatoms. The summed E-state index contributed by atoms with van der Waals surface area (Å²) in [7, 11) is 0. The number of nitrogens with zero attached hydrogens (tertiary/aromatic N) is 3. The quantitative estimate of drug-likeness (QED) is 0.877. The van der Waals surface area contributed by atoms with Gasteiger partial charge < -0.3 is 5.73 Å². The fourth-order valence-electron chi connectivity index (χ4n) is 3.02. The first-order chi connectivity index (χ1) is 10.9. The Labute approximate surface area is 140 Å². The second-order valence-electron chi connectivity index (χ2n) is 7.24. The third-order valence-corrected chi connectivity index (χ3v) is 4.57. The second kappa shape index (κ2) is 7.26. The lowest BCUT2D eigenvalue weighted by Gasteiger charge is -2.19. The van der Waals surface area contributed by atoms with Crippen molar-refractivity contribution >= 4 is 0 Å². The van der Waals surface area contributed by atoms with Crippen molar-refractivity contribution in [2.24, 2.45) is 5.73 Å². The first-order valence-electron chi connectivity index (χ1n) is 8.62. The molecule has 0 spiro atoms. The van der Waals surface area contributed by atoms with Crippen LogP contribution in [0.25, 0.3) is 0 Å². The summed E-state index contributed by atoms with van der Waals surface area (Å²) in [5.74, 6) is 0.470. The van der Waals surface area contributed by atoms with Crippen molar-refractivity contribution in [3.05, 3.63) is 46.8 Å². The minimum Gasteiger partial charge on any atom is -0.325 e. The highest BCUT2D eigenvalue weighted by Crippen LogP contribution is 2.26. The van der Waals surface area contributed by atoms with Crippen molar-refractivity contribution in [1.29, 1.82) is 0 Å². The van der Waals surface area contributed by atoms with E-state index in [0.29, 0.717) is 12.5 Å². The number of rotatable bonds is 6. The SMILES string of the molecule is CCC(CC)c1c(CN)nnn1Cc1ccc(C(C)(C)C)cc1. The minimum absolute atomic E-state index is 0.180. The second-order valence-corrected chi connectivity index (χ2v) is 7.24. The van der Waals surface area contributed by atoms with Crippen LogP contribution in [-0.4, -0.2) is 15.0 Å². The molecular weight excluding hydrogens is 284 g/mol. The fourth-order valence-corrected chi connectivity index (χ4v) is 3.02. The Balaban J connectivity index is 2.28. The number of hydrogen-bond donors (Lipinski definition) is 1. The molecule has 1 aromatic heterocycles. The van der Waals surface area contributed by atoms with Crippen LogP contribution in [0.3, 0.4) is 0 Å². The van der Waals surface area contributed by atoms with E-state index in [1.165, 1.54) is 16.8 Å². The van der Waals surface area contributed by atoms with Gasteiger partial charge in [-0.1, -0.05) is 64.1 Å². The molecule has 0 bridgehead atoms. The summed E-state index contributed by atoms with van der Waals surface area (Å²) >= 11 is 0. The molecule has 1 heterocycles. The number of benzene rings is 1. The molecule has 2 N–H and O–H groups in total. The maximum Gasteiger partial charge on any atom is 0.0997 e. The van der Waals surface area contributed by atoms with E-state index in [0.717, 1.165) is 25.1 Å². The van der Waals surface area contributed by atoms with Crippen LogP contribution in [-0.2, 0) is 18.5 Å². The molecule has 2 rings (SSSR count). The van der Waals surface area contributed by atoms with Crippen molar-refractivity contribution in [3.63, 3.8) is 0 Å². The van der Waals surface area contributed by atoms with Crippen molar-refractivity contribution < 1.29 is 0 Å². The summed E-state index contributed by atoms with van der Waals surface area (Å²) in [6.45, 7) is 12.3. The molecule has 1 aromatic carbocycles. The Kier molecular flexibility index (Phi) is 5.58. The lowest BCUT2D eigenvalue weighted by atomic mass is 9.87. The standard InChI is InChI=1S/C19H30N4/c1-6-15(7-2)18-17(12-20)21-22-23(18)13-14-8-10-16(11-9-14)19(3,4)5/h8-11,15H,6-7,12-13,20H2,1-5H3. The van der Waals surface area contributed by atoms with Crippen LogP contribution in [0.15, 0.2) is 24.3 Å². The topological polar surface area (TPSA) is 56.7 Å². The van der Waals surface area contributed by atoms with E-state index in [9.17, 15) is 0 Å². The van der Waals surface area contributed by atoms with Crippen molar-refractivity contribution in [3.8, 4) is 0 Å². The zero-order chi connectivity index (χ0) is 17.0. The molecule has 0 atom stereocenters. The molecule has 4 nitrogen and oxygen atoms in total. The molecule has 0 aliphatic carbocycles. The van der Waals surface area contributed by atoms with Crippen LogP contribution in [0.4, 0.5) is 0 Å². The van der Waals surface area contributed by atoms with E-state index in [4.69, 9.17) is 5.73 Å². The van der Waals surface area contributed by atoms with Gasteiger partial charge in [-0.15, -0.1) is 5.10 Å². The predicted octanol–water partition coefficient (Wildman–Crippen LogP) is 3.99. The highest BCUT2D eigenvalue weighted by molar-refractivity contribution is 5.28. The van der Waals surface area contributed by atoms with E-state index in [1.807, 2.05) is 4.68 Å². The highest BCUT2D eigenvalue weighted by atomic mass is 15.4. The monoisotopic (exact) mass is 314 g/mol. The van der Waals surface area contributed by atoms with Gasteiger partial charge in [0, 0.05) is 12.5 Å². The molecule has 0 amide bonds. The Hall–Kier alpha value is -1.68. The molecule has 2 aromatic rings. The Bertz CT molecular complexity index is 616. The third kappa shape index (κ3) is 3.99. The molecule has 0 fully saturated rings. The molecule has 23 heavy (non-hydrogen) atoms. The minimum atomic E-state index is 0.180. The molecule has 0 aliphatic rings. The average molecular weight is 314 g/mol. The van der Waals surface area contributed by atoms with Gasteiger partial charge in [-0.3, -0.25) is 0 Å². The van der Waals surface area contributed by atoms with Gasteiger partial charge in [-0.05, 0) is 29.4 Å². The smallest absolute Gasteiger partial charge is 0.0997 e. The fraction of sp³-hybridized carbons (Fsp3) is 0.579. The van der Waals surface area contributed by atoms with E-state index in [-0.39, 0.29) is 5.41 Å². The summed E-state index contributed by atoms with van der Waals surface area (Å²) in [6.07, 6.45) is 2.17. The van der Waals surface area contributed by atoms with Gasteiger partial charge in [0.05, 0.1) is 17.9 Å². The summed E-state index contributed by atoms with van der Waals surface area (Å²) in [5.41, 5.74) is 10.8. The Morgan fingerprint density at radius 3 is 2.17 bits per heavy atom. The molecular formula is C19H30N4. The first-order valence-corrected chi connectivity index (χ1v) is 8.62. The van der Waals surface area contributed by atoms with Crippen molar-refractivity contribution in [2.45, 2.75) is 71.9 Å². The van der Waals surface area contributed by atoms with Gasteiger partial charge in [0.15, 0.2) is 0 Å². The van der Waals surface area contributed by atoms with Crippen LogP contribution in [0, 0.1) is 0 Å². The third-order valence-electron chi connectivity index (χ3n) is 4.57. The molecule has 126 valence electrons. The van der Waals surface area contributed by atoms with Crippen LogP contribution >= 0.6 is 0 Å². The summed E-state index contributed by atoms with van der Waals surface area (Å²) < 4.78 is 2.03. The molecule has 0 aliphatic heterocycles. The Morgan fingerprint density at radius 1 is 1.09 bits per heavy atom. The maximum absolute atomic E-state index is 5.86. The van der Waals surface area contributed by atoms with Gasteiger partial charge >= 0.3 is 0 Å². The van der Waals surface area contributed by atoms with E-state index >= 15 is 0 Å². The van der Waals surface area contributed by atoms with Crippen LogP contribution < -0.4 is 5.73 Å². The van der Waals surface area contributed by atoms with Gasteiger partial charge in [-0.25, -0.2) is 4.68 Å². The van der Waals surface area contributed by atoms with Crippen molar-refractivity contribution in [2.75, 3.05) is 0 Å². The lowest BCUT2D eigenvalue weighted by molar-refractivity contribution is 0.540. The summed E-state index contributed by atoms with van der Waals surface area (Å²) in [5, 5.41) is 8.65. The average Bonchev–Trinajstić information content (AvgIpc) is 2.91. The van der Waals surface area contributed by atoms with E-state index in [2.05, 4.69) is 69.2 Å². The maximum atomic E-state index is 5.86. The predicted molar refractivity (Wildman–Crippen MR) is 95.5 cm³/mol. The van der Waals surface area contributed by atoms with Crippen molar-refractivity contribution in [1.82, 2.24) is 15.0 Å². The van der Waals surface area contributed by atoms with Gasteiger partial charge in [-0.2, -0.15) is 0 Å². The summed E-state index contributed by atoms with van der Waals surface area (Å²) in [4.78, 5) is 0. The normalized spacial score (nSPS) is 12.1. The van der Waals surface area contributed by atoms with Crippen LogP contribution in [0.5, 0.6) is 0 Å². The Morgan fingerprint density at radius 2 is 1.70 bits per heavy atom. The highest BCUT2D eigenvalue weighted by Gasteiger charge is 2.19.